The van der Waals surface area contributed by atoms with Gasteiger partial charge < -0.3 is 15.2 Å². The van der Waals surface area contributed by atoms with Gasteiger partial charge in [-0.15, -0.1) is 0 Å². The molecule has 1 aliphatic heterocycles. The number of rotatable bonds is 8. The summed E-state index contributed by atoms with van der Waals surface area (Å²) in [4.78, 5) is 29.0. The number of halogens is 1. The molecule has 3 aromatic carbocycles. The molecule has 0 saturated heterocycles. The summed E-state index contributed by atoms with van der Waals surface area (Å²) in [5.74, 6) is 0.0277. The fourth-order valence-electron chi connectivity index (χ4n) is 4.39. The van der Waals surface area contributed by atoms with Gasteiger partial charge in [-0.2, -0.15) is 0 Å². The number of Topliss-reactive ketones (excluding diaryl/α,β-unsaturated/α-hetero) is 1. The molecule has 2 unspecified atom stereocenters. The second kappa shape index (κ2) is 11.4. The summed E-state index contributed by atoms with van der Waals surface area (Å²) < 4.78 is 6.02. The van der Waals surface area contributed by atoms with E-state index in [0.29, 0.717) is 34.9 Å². The van der Waals surface area contributed by atoms with E-state index in [4.69, 9.17) is 16.3 Å². The number of nitrogens with one attached hydrogen (secondary N) is 1. The summed E-state index contributed by atoms with van der Waals surface area (Å²) >= 11 is 6.57. The quantitative estimate of drug-likeness (QED) is 0.236. The van der Waals surface area contributed by atoms with Crippen molar-refractivity contribution in [1.82, 2.24) is 10.3 Å². The molecule has 2 N–H and O–H groups in total. The van der Waals surface area contributed by atoms with Crippen LogP contribution in [-0.4, -0.2) is 34.4 Å². The van der Waals surface area contributed by atoms with Gasteiger partial charge in [-0.25, -0.2) is 0 Å². The highest BCUT2D eigenvalue weighted by Gasteiger charge is 2.26. The minimum absolute atomic E-state index is 0.222. The van der Waals surface area contributed by atoms with Gasteiger partial charge in [0.2, 0.25) is 5.91 Å². The second-order valence-electron chi connectivity index (χ2n) is 9.01. The number of ether oxygens (including phenoxy) is 1. The lowest BCUT2D eigenvalue weighted by Gasteiger charge is -2.13. The minimum atomic E-state index is -1.27. The molecule has 1 amide bonds. The average molecular weight is 525 g/mol. The molecule has 0 spiro atoms. The number of nitrogens with zero attached hydrogens (tertiary/aromatic N) is 1. The molecule has 2 heterocycles. The minimum Gasteiger partial charge on any atom is -0.486 e. The number of hydrogen-bond acceptors (Lipinski definition) is 5. The highest BCUT2D eigenvalue weighted by Crippen LogP contribution is 2.40. The third-order valence-electron chi connectivity index (χ3n) is 6.31. The molecule has 38 heavy (non-hydrogen) atoms. The first-order valence-corrected chi connectivity index (χ1v) is 12.6. The first-order chi connectivity index (χ1) is 18.5. The number of ketones is 1. The molecule has 2 atom stereocenters. The largest absolute Gasteiger partial charge is 0.486 e. The van der Waals surface area contributed by atoms with Crippen molar-refractivity contribution in [1.29, 1.82) is 0 Å². The summed E-state index contributed by atoms with van der Waals surface area (Å²) in [6.45, 7) is 0.333. The fourth-order valence-corrected chi connectivity index (χ4v) is 4.67. The van der Waals surface area contributed by atoms with Gasteiger partial charge in [-0.05, 0) is 52.6 Å². The number of aliphatic hydroxyl groups excluding tert-OH is 1. The van der Waals surface area contributed by atoms with Crippen molar-refractivity contribution in [3.05, 3.63) is 125 Å². The van der Waals surface area contributed by atoms with Crippen molar-refractivity contribution >= 4 is 29.4 Å². The lowest BCUT2D eigenvalue weighted by Crippen LogP contribution is -2.33. The summed E-state index contributed by atoms with van der Waals surface area (Å²) in [5.41, 5.74) is 4.40. The zero-order chi connectivity index (χ0) is 26.5. The number of hydrogen-bond donors (Lipinski definition) is 2. The van der Waals surface area contributed by atoms with Crippen LogP contribution in [0.2, 0.25) is 5.02 Å². The van der Waals surface area contributed by atoms with Crippen LogP contribution in [0.1, 0.15) is 33.2 Å². The Hall–Kier alpha value is -4.26. The molecule has 190 valence electrons. The Balaban J connectivity index is 1.26. The van der Waals surface area contributed by atoms with Crippen molar-refractivity contribution in [2.75, 3.05) is 6.54 Å². The summed E-state index contributed by atoms with van der Waals surface area (Å²) in [5, 5.41) is 14.1. The Labute approximate surface area is 225 Å². The van der Waals surface area contributed by atoms with Crippen LogP contribution in [0.15, 0.2) is 97.3 Å². The van der Waals surface area contributed by atoms with Gasteiger partial charge in [0, 0.05) is 36.0 Å². The highest BCUT2D eigenvalue weighted by atomic mass is 35.5. The molecule has 6 nitrogen and oxygen atoms in total. The number of fused-ring (bicyclic) bond motifs is 1. The van der Waals surface area contributed by atoms with E-state index in [9.17, 15) is 14.7 Å². The van der Waals surface area contributed by atoms with Crippen LogP contribution < -0.4 is 10.1 Å². The van der Waals surface area contributed by atoms with Crippen LogP contribution in [-0.2, 0) is 11.2 Å². The summed E-state index contributed by atoms with van der Waals surface area (Å²) in [6, 6.07) is 23.4. The van der Waals surface area contributed by atoms with E-state index in [1.165, 1.54) is 6.08 Å². The fraction of sp³-hybridized carbons (Fsp3) is 0.129. The van der Waals surface area contributed by atoms with Gasteiger partial charge in [-0.3, -0.25) is 14.6 Å². The number of aliphatic hydroxyl groups is 1. The SMILES string of the molecule is O=C(/C=C/c1cccnc1)NCC1Cc2cc(-c3cccc(C(O)C(=O)c4ccccc4)c3)cc(Cl)c2O1. The van der Waals surface area contributed by atoms with Crippen molar-refractivity contribution in [3.8, 4) is 16.9 Å². The van der Waals surface area contributed by atoms with Crippen molar-refractivity contribution in [2.24, 2.45) is 0 Å². The zero-order valence-electron chi connectivity index (χ0n) is 20.4. The van der Waals surface area contributed by atoms with Gasteiger partial charge >= 0.3 is 0 Å². The number of amides is 1. The number of carbonyl (C=O) groups is 2. The average Bonchev–Trinajstić information content (AvgIpc) is 3.39. The van der Waals surface area contributed by atoms with Gasteiger partial charge in [-0.1, -0.05) is 66.2 Å². The Kier molecular flexibility index (Phi) is 7.63. The molecule has 1 aliphatic rings. The third-order valence-corrected chi connectivity index (χ3v) is 6.59. The van der Waals surface area contributed by atoms with E-state index in [1.54, 1.807) is 60.9 Å². The first kappa shape index (κ1) is 25.4. The molecule has 1 aromatic heterocycles. The number of pyridine rings is 1. The van der Waals surface area contributed by atoms with Crippen molar-refractivity contribution in [2.45, 2.75) is 18.6 Å². The number of aromatic nitrogens is 1. The molecule has 5 rings (SSSR count). The van der Waals surface area contributed by atoms with Crippen LogP contribution in [0.4, 0.5) is 0 Å². The van der Waals surface area contributed by atoms with E-state index in [0.717, 1.165) is 22.3 Å². The van der Waals surface area contributed by atoms with Gasteiger partial charge in [0.1, 0.15) is 18.0 Å². The molecule has 0 aliphatic carbocycles. The van der Waals surface area contributed by atoms with Gasteiger partial charge in [0.05, 0.1) is 11.6 Å². The van der Waals surface area contributed by atoms with E-state index in [-0.39, 0.29) is 17.8 Å². The van der Waals surface area contributed by atoms with E-state index in [1.807, 2.05) is 36.4 Å². The predicted octanol–water partition coefficient (Wildman–Crippen LogP) is 5.45. The van der Waals surface area contributed by atoms with Crippen molar-refractivity contribution in [3.63, 3.8) is 0 Å². The first-order valence-electron chi connectivity index (χ1n) is 12.2. The Bertz CT molecular complexity index is 1490. The Morgan fingerprint density at radius 2 is 1.89 bits per heavy atom. The molecule has 0 radical (unpaired) electrons. The monoisotopic (exact) mass is 524 g/mol. The van der Waals surface area contributed by atoms with Gasteiger partial charge in [0.15, 0.2) is 5.78 Å². The van der Waals surface area contributed by atoms with Gasteiger partial charge in [0.25, 0.3) is 0 Å². The smallest absolute Gasteiger partial charge is 0.244 e. The Morgan fingerprint density at radius 3 is 2.68 bits per heavy atom. The lowest BCUT2D eigenvalue weighted by atomic mass is 9.95. The maximum Gasteiger partial charge on any atom is 0.244 e. The lowest BCUT2D eigenvalue weighted by molar-refractivity contribution is -0.116. The molecule has 4 aromatic rings. The normalized spacial score (nSPS) is 15.1. The topological polar surface area (TPSA) is 88.5 Å². The maximum atomic E-state index is 12.7. The zero-order valence-corrected chi connectivity index (χ0v) is 21.1. The highest BCUT2D eigenvalue weighted by molar-refractivity contribution is 6.32. The van der Waals surface area contributed by atoms with Crippen LogP contribution >= 0.6 is 11.6 Å². The van der Waals surface area contributed by atoms with Crippen LogP contribution in [0.25, 0.3) is 17.2 Å². The predicted molar refractivity (Wildman–Crippen MR) is 147 cm³/mol. The van der Waals surface area contributed by atoms with Crippen LogP contribution in [0.3, 0.4) is 0 Å². The Morgan fingerprint density at radius 1 is 1.05 bits per heavy atom. The van der Waals surface area contributed by atoms with Crippen LogP contribution in [0, 0.1) is 0 Å². The molecular weight excluding hydrogens is 500 g/mol. The molecule has 0 fully saturated rings. The maximum absolute atomic E-state index is 12.7. The molecular formula is C31H25ClN2O4. The molecule has 0 saturated carbocycles. The third kappa shape index (κ3) is 5.83. The standard InChI is InChI=1S/C31H25ClN2O4/c32-27-17-24(22-9-4-10-23(14-22)30(37)29(36)21-7-2-1-3-8-21)15-25-16-26(38-31(25)27)19-34-28(35)12-11-20-6-5-13-33-18-20/h1-15,17-18,26,30,37H,16,19H2,(H,34,35)/b12-11+. The number of carbonyl (C=O) groups excluding carboxylic acids is 2. The summed E-state index contributed by atoms with van der Waals surface area (Å²) in [6.07, 6.45) is 5.59. The van der Waals surface area contributed by atoms with Crippen LogP contribution in [0.5, 0.6) is 5.75 Å². The molecule has 7 heteroatoms. The van der Waals surface area contributed by atoms with E-state index >= 15 is 0 Å². The summed E-state index contributed by atoms with van der Waals surface area (Å²) in [7, 11) is 0. The molecule has 0 bridgehead atoms. The van der Waals surface area contributed by atoms with E-state index < -0.39 is 6.10 Å². The number of benzene rings is 3. The van der Waals surface area contributed by atoms with Crippen molar-refractivity contribution < 1.29 is 19.4 Å². The second-order valence-corrected chi connectivity index (χ2v) is 9.42. The van der Waals surface area contributed by atoms with E-state index in [2.05, 4.69) is 10.3 Å².